The molecule has 0 N–H and O–H groups in total. The van der Waals surface area contributed by atoms with Gasteiger partial charge in [0.05, 0.1) is 12.1 Å². The Labute approximate surface area is 128 Å². The van der Waals surface area contributed by atoms with Crippen molar-refractivity contribution in [1.82, 2.24) is 9.55 Å². The van der Waals surface area contributed by atoms with Crippen molar-refractivity contribution in [2.75, 3.05) is 11.4 Å². The minimum absolute atomic E-state index is 0.187. The average Bonchev–Trinajstić information content (AvgIpc) is 2.93. The van der Waals surface area contributed by atoms with Crippen molar-refractivity contribution in [2.24, 2.45) is 0 Å². The molecule has 112 valence electrons. The first kappa shape index (κ1) is 14.4. The van der Waals surface area contributed by atoms with Gasteiger partial charge in [0.1, 0.15) is 5.82 Å². The van der Waals surface area contributed by atoms with Gasteiger partial charge >= 0.3 is 6.18 Å². The van der Waals surface area contributed by atoms with Crippen molar-refractivity contribution in [3.8, 4) is 0 Å². The third-order valence-electron chi connectivity index (χ3n) is 3.65. The van der Waals surface area contributed by atoms with Crippen LogP contribution in [-0.2, 0) is 24.6 Å². The Bertz CT molecular complexity index is 651. The molecule has 0 saturated carbocycles. The number of aromatic nitrogens is 2. The lowest BCUT2D eigenvalue weighted by Gasteiger charge is -2.30. The van der Waals surface area contributed by atoms with Gasteiger partial charge in [0.2, 0.25) is 0 Å². The van der Waals surface area contributed by atoms with Gasteiger partial charge in [0, 0.05) is 36.5 Å². The van der Waals surface area contributed by atoms with Gasteiger partial charge in [-0.25, -0.2) is 4.98 Å². The van der Waals surface area contributed by atoms with Crippen LogP contribution < -0.4 is 4.90 Å². The highest BCUT2D eigenvalue weighted by atomic mass is 79.9. The number of nitrogens with zero attached hydrogens (tertiary/aromatic N) is 3. The molecule has 7 heteroatoms. The van der Waals surface area contributed by atoms with Crippen LogP contribution in [0.1, 0.15) is 17.0 Å². The molecule has 1 aromatic heterocycles. The summed E-state index contributed by atoms with van der Waals surface area (Å²) in [5.41, 5.74) is 0.261. The number of rotatable bonds is 2. The summed E-state index contributed by atoms with van der Waals surface area (Å²) in [6, 6.07) is 4.51. The van der Waals surface area contributed by atoms with Crippen molar-refractivity contribution < 1.29 is 13.2 Å². The molecule has 0 fully saturated rings. The maximum absolute atomic E-state index is 13.1. The van der Waals surface area contributed by atoms with Crippen LogP contribution in [0.15, 0.2) is 30.6 Å². The Balaban J connectivity index is 1.93. The highest BCUT2D eigenvalue weighted by molar-refractivity contribution is 9.08. The Morgan fingerprint density at radius 2 is 2.05 bits per heavy atom. The summed E-state index contributed by atoms with van der Waals surface area (Å²) in [6.45, 7) is 1.93. The maximum atomic E-state index is 13.1. The molecular weight excluding hydrogens is 347 g/mol. The molecule has 1 aliphatic heterocycles. The van der Waals surface area contributed by atoms with E-state index >= 15 is 0 Å². The Morgan fingerprint density at radius 1 is 1.24 bits per heavy atom. The zero-order chi connectivity index (χ0) is 15.0. The van der Waals surface area contributed by atoms with Gasteiger partial charge in [-0.3, -0.25) is 0 Å². The van der Waals surface area contributed by atoms with Crippen molar-refractivity contribution in [1.29, 1.82) is 0 Å². The molecule has 2 aromatic rings. The van der Waals surface area contributed by atoms with Crippen LogP contribution >= 0.6 is 15.9 Å². The summed E-state index contributed by atoms with van der Waals surface area (Å²) < 4.78 is 41.4. The van der Waals surface area contributed by atoms with Crippen molar-refractivity contribution >= 4 is 21.6 Å². The van der Waals surface area contributed by atoms with Crippen LogP contribution in [0.5, 0.6) is 0 Å². The zero-order valence-electron chi connectivity index (χ0n) is 11.1. The second-order valence-electron chi connectivity index (χ2n) is 4.93. The lowest BCUT2D eigenvalue weighted by Crippen LogP contribution is -2.33. The number of hydrogen-bond donors (Lipinski definition) is 0. The maximum Gasteiger partial charge on any atom is 0.416 e. The number of benzene rings is 1. The van der Waals surface area contributed by atoms with Gasteiger partial charge < -0.3 is 9.47 Å². The second kappa shape index (κ2) is 5.36. The van der Waals surface area contributed by atoms with Crippen LogP contribution in [0, 0.1) is 0 Å². The molecule has 2 heterocycles. The van der Waals surface area contributed by atoms with Crippen LogP contribution in [0.4, 0.5) is 18.9 Å². The zero-order valence-corrected chi connectivity index (χ0v) is 12.7. The first-order valence-electron chi connectivity index (χ1n) is 6.50. The van der Waals surface area contributed by atoms with Crippen LogP contribution in [0.3, 0.4) is 0 Å². The SMILES string of the molecule is FC(F)(F)c1cc(N2CCn3ccnc3C2)ccc1CBr. The lowest BCUT2D eigenvalue weighted by molar-refractivity contribution is -0.138. The molecule has 3 nitrogen and oxygen atoms in total. The number of hydrogen-bond acceptors (Lipinski definition) is 2. The van der Waals surface area contributed by atoms with E-state index < -0.39 is 11.7 Å². The fourth-order valence-corrected chi connectivity index (χ4v) is 3.02. The van der Waals surface area contributed by atoms with Crippen LogP contribution in [-0.4, -0.2) is 16.1 Å². The van der Waals surface area contributed by atoms with Crippen molar-refractivity contribution in [3.05, 3.63) is 47.5 Å². The molecule has 0 unspecified atom stereocenters. The smallest absolute Gasteiger partial charge is 0.362 e. The van der Waals surface area contributed by atoms with E-state index in [1.54, 1.807) is 12.3 Å². The van der Waals surface area contributed by atoms with Gasteiger partial charge in [0.25, 0.3) is 0 Å². The largest absolute Gasteiger partial charge is 0.416 e. The normalized spacial score (nSPS) is 15.1. The summed E-state index contributed by atoms with van der Waals surface area (Å²) in [5, 5.41) is 0.187. The quantitative estimate of drug-likeness (QED) is 0.760. The van der Waals surface area contributed by atoms with E-state index in [2.05, 4.69) is 20.9 Å². The third kappa shape index (κ3) is 2.79. The van der Waals surface area contributed by atoms with Crippen LogP contribution in [0.2, 0.25) is 0 Å². The summed E-state index contributed by atoms with van der Waals surface area (Å²) in [6.07, 6.45) is -0.733. The predicted octanol–water partition coefficient (Wildman–Crippen LogP) is 3.82. The molecule has 1 aromatic carbocycles. The fourth-order valence-electron chi connectivity index (χ4n) is 2.54. The molecule has 3 rings (SSSR count). The van der Waals surface area contributed by atoms with E-state index in [1.165, 1.54) is 12.1 Å². The summed E-state index contributed by atoms with van der Waals surface area (Å²) >= 11 is 3.11. The fraction of sp³-hybridized carbons (Fsp3) is 0.357. The monoisotopic (exact) mass is 359 g/mol. The second-order valence-corrected chi connectivity index (χ2v) is 5.49. The molecule has 0 amide bonds. The number of anilines is 1. The highest BCUT2D eigenvalue weighted by Gasteiger charge is 2.34. The number of fused-ring (bicyclic) bond motifs is 1. The molecular formula is C14H13BrF3N3. The summed E-state index contributed by atoms with van der Waals surface area (Å²) in [5.74, 6) is 0.874. The van der Waals surface area contributed by atoms with E-state index in [-0.39, 0.29) is 10.9 Å². The Hall–Kier alpha value is -1.50. The summed E-state index contributed by atoms with van der Waals surface area (Å²) in [7, 11) is 0. The molecule has 1 aliphatic rings. The molecule has 0 saturated heterocycles. The number of halogens is 4. The van der Waals surface area contributed by atoms with Gasteiger partial charge in [-0.05, 0) is 17.7 Å². The standard InChI is InChI=1S/C14H13BrF3N3/c15-8-10-1-2-11(7-12(10)14(16,17)18)21-6-5-20-4-3-19-13(20)9-21/h1-4,7H,5-6,8-9H2. The van der Waals surface area contributed by atoms with E-state index in [1.807, 2.05) is 15.7 Å². The predicted molar refractivity (Wildman–Crippen MR) is 77.4 cm³/mol. The molecule has 0 atom stereocenters. The Kier molecular flexibility index (Phi) is 3.69. The summed E-state index contributed by atoms with van der Waals surface area (Å²) in [4.78, 5) is 6.16. The van der Waals surface area contributed by atoms with Crippen LogP contribution in [0.25, 0.3) is 0 Å². The van der Waals surface area contributed by atoms with E-state index in [0.717, 1.165) is 12.4 Å². The molecule has 0 radical (unpaired) electrons. The highest BCUT2D eigenvalue weighted by Crippen LogP contribution is 2.36. The van der Waals surface area contributed by atoms with Crippen molar-refractivity contribution in [2.45, 2.75) is 24.6 Å². The van der Waals surface area contributed by atoms with Gasteiger partial charge in [0.15, 0.2) is 0 Å². The van der Waals surface area contributed by atoms with E-state index in [9.17, 15) is 13.2 Å². The minimum atomic E-state index is -4.34. The lowest BCUT2D eigenvalue weighted by atomic mass is 10.1. The topological polar surface area (TPSA) is 21.1 Å². The third-order valence-corrected chi connectivity index (χ3v) is 4.26. The van der Waals surface area contributed by atoms with Gasteiger partial charge in [-0.15, -0.1) is 0 Å². The first-order valence-corrected chi connectivity index (χ1v) is 7.62. The molecule has 21 heavy (non-hydrogen) atoms. The number of imidazole rings is 1. The average molecular weight is 360 g/mol. The minimum Gasteiger partial charge on any atom is -0.362 e. The van der Waals surface area contributed by atoms with E-state index in [0.29, 0.717) is 18.8 Å². The van der Waals surface area contributed by atoms with Gasteiger partial charge in [-0.1, -0.05) is 22.0 Å². The Morgan fingerprint density at radius 3 is 2.76 bits per heavy atom. The first-order chi connectivity index (χ1) is 9.99. The van der Waals surface area contributed by atoms with Crippen molar-refractivity contribution in [3.63, 3.8) is 0 Å². The van der Waals surface area contributed by atoms with Gasteiger partial charge in [-0.2, -0.15) is 13.2 Å². The van der Waals surface area contributed by atoms with E-state index in [4.69, 9.17) is 0 Å². The molecule has 0 spiro atoms. The number of alkyl halides is 4. The molecule has 0 bridgehead atoms. The molecule has 0 aliphatic carbocycles.